The molecule has 2 heterocycles. The van der Waals surface area contributed by atoms with Gasteiger partial charge in [-0.2, -0.15) is 0 Å². The highest BCUT2D eigenvalue weighted by Gasteiger charge is 2.31. The fourth-order valence-corrected chi connectivity index (χ4v) is 2.69. The highest BCUT2D eigenvalue weighted by atomic mass is 32.1. The minimum Gasteiger partial charge on any atom is -0.389 e. The van der Waals surface area contributed by atoms with Crippen molar-refractivity contribution in [3.63, 3.8) is 0 Å². The van der Waals surface area contributed by atoms with E-state index in [0.717, 1.165) is 24.1 Å². The normalized spacial score (nSPS) is 19.2. The van der Waals surface area contributed by atoms with Gasteiger partial charge in [-0.1, -0.05) is 19.1 Å². The van der Waals surface area contributed by atoms with Gasteiger partial charge >= 0.3 is 0 Å². The molecule has 1 unspecified atom stereocenters. The van der Waals surface area contributed by atoms with Gasteiger partial charge < -0.3 is 16.0 Å². The van der Waals surface area contributed by atoms with Gasteiger partial charge in [0.1, 0.15) is 16.8 Å². The molecule has 0 bridgehead atoms. The van der Waals surface area contributed by atoms with E-state index in [9.17, 15) is 4.79 Å². The second kappa shape index (κ2) is 5.52. The SMILES string of the molecule is CCC1C(=O)NCCN1c1nccc(C)c1C(N)=S. The average molecular weight is 278 g/mol. The summed E-state index contributed by atoms with van der Waals surface area (Å²) in [4.78, 5) is 18.6. The highest BCUT2D eigenvalue weighted by molar-refractivity contribution is 7.80. The monoisotopic (exact) mass is 278 g/mol. The van der Waals surface area contributed by atoms with Gasteiger partial charge in [-0.15, -0.1) is 0 Å². The van der Waals surface area contributed by atoms with Gasteiger partial charge in [0.2, 0.25) is 5.91 Å². The summed E-state index contributed by atoms with van der Waals surface area (Å²) in [6.45, 7) is 5.27. The number of aryl methyl sites for hydroxylation is 1. The number of amides is 1. The van der Waals surface area contributed by atoms with Gasteiger partial charge in [-0.25, -0.2) is 4.98 Å². The van der Waals surface area contributed by atoms with E-state index in [4.69, 9.17) is 18.0 Å². The molecular formula is C13H18N4OS. The van der Waals surface area contributed by atoms with Crippen LogP contribution < -0.4 is 16.0 Å². The Labute approximate surface area is 118 Å². The van der Waals surface area contributed by atoms with Crippen molar-refractivity contribution in [2.24, 2.45) is 5.73 Å². The van der Waals surface area contributed by atoms with Gasteiger partial charge in [0, 0.05) is 19.3 Å². The zero-order valence-corrected chi connectivity index (χ0v) is 12.0. The number of rotatable bonds is 3. The van der Waals surface area contributed by atoms with Crippen molar-refractivity contribution >= 4 is 28.9 Å². The van der Waals surface area contributed by atoms with Crippen LogP contribution in [-0.2, 0) is 4.79 Å². The van der Waals surface area contributed by atoms with Crippen LogP contribution in [0.5, 0.6) is 0 Å². The first kappa shape index (κ1) is 13.7. The molecule has 3 N–H and O–H groups in total. The number of nitrogens with zero attached hydrogens (tertiary/aromatic N) is 2. The van der Waals surface area contributed by atoms with Gasteiger partial charge in [0.05, 0.1) is 5.56 Å². The Hall–Kier alpha value is -1.69. The molecule has 0 aromatic carbocycles. The van der Waals surface area contributed by atoms with E-state index in [1.807, 2.05) is 24.8 Å². The summed E-state index contributed by atoms with van der Waals surface area (Å²) in [6, 6.07) is 1.67. The summed E-state index contributed by atoms with van der Waals surface area (Å²) in [5.41, 5.74) is 7.56. The molecule has 5 nitrogen and oxygen atoms in total. The second-order valence-corrected chi connectivity index (χ2v) is 5.04. The number of anilines is 1. The minimum atomic E-state index is -0.212. The van der Waals surface area contributed by atoms with Crippen LogP contribution >= 0.6 is 12.2 Å². The van der Waals surface area contributed by atoms with E-state index in [1.165, 1.54) is 0 Å². The van der Waals surface area contributed by atoms with E-state index in [-0.39, 0.29) is 11.9 Å². The molecule has 1 aromatic rings. The summed E-state index contributed by atoms with van der Waals surface area (Å²) in [7, 11) is 0. The number of pyridine rings is 1. The van der Waals surface area contributed by atoms with Crippen LogP contribution in [0.3, 0.4) is 0 Å². The molecule has 2 rings (SSSR count). The Morgan fingerprint density at radius 3 is 3.05 bits per heavy atom. The van der Waals surface area contributed by atoms with Gasteiger partial charge in [-0.3, -0.25) is 4.79 Å². The standard InChI is InChI=1S/C13H18N4OS/c1-3-9-13(18)16-6-7-17(9)12-10(11(14)19)8(2)4-5-15-12/h4-5,9H,3,6-7H2,1-2H3,(H2,14,19)(H,16,18). The summed E-state index contributed by atoms with van der Waals surface area (Å²) < 4.78 is 0. The molecule has 1 aliphatic rings. The van der Waals surface area contributed by atoms with Gasteiger partial charge in [-0.05, 0) is 25.0 Å². The predicted molar refractivity (Wildman–Crippen MR) is 79.3 cm³/mol. The molecule has 19 heavy (non-hydrogen) atoms. The first-order chi connectivity index (χ1) is 9.06. The predicted octanol–water partition coefficient (Wildman–Crippen LogP) is 0.739. The van der Waals surface area contributed by atoms with Crippen LogP contribution in [0.15, 0.2) is 12.3 Å². The highest BCUT2D eigenvalue weighted by Crippen LogP contribution is 2.24. The first-order valence-corrected chi connectivity index (χ1v) is 6.76. The lowest BCUT2D eigenvalue weighted by Crippen LogP contribution is -2.55. The van der Waals surface area contributed by atoms with Crippen LogP contribution in [0.25, 0.3) is 0 Å². The molecule has 1 saturated heterocycles. The second-order valence-electron chi connectivity index (χ2n) is 4.60. The minimum absolute atomic E-state index is 0.0333. The lowest BCUT2D eigenvalue weighted by molar-refractivity contribution is -0.123. The molecule has 1 aromatic heterocycles. The van der Waals surface area contributed by atoms with Crippen LogP contribution in [0, 0.1) is 6.92 Å². The maximum absolute atomic E-state index is 11.9. The number of thiocarbonyl (C=S) groups is 1. The number of nitrogens with one attached hydrogen (secondary N) is 1. The molecule has 1 fully saturated rings. The zero-order valence-electron chi connectivity index (χ0n) is 11.1. The number of carbonyl (C=O) groups excluding carboxylic acids is 1. The largest absolute Gasteiger partial charge is 0.389 e. The average Bonchev–Trinajstić information content (AvgIpc) is 2.37. The van der Waals surface area contributed by atoms with E-state index in [1.54, 1.807) is 6.20 Å². The van der Waals surface area contributed by atoms with E-state index in [0.29, 0.717) is 17.4 Å². The van der Waals surface area contributed by atoms with Crippen LogP contribution in [0.1, 0.15) is 24.5 Å². The summed E-state index contributed by atoms with van der Waals surface area (Å²) >= 11 is 5.12. The molecule has 6 heteroatoms. The Morgan fingerprint density at radius 1 is 1.68 bits per heavy atom. The third kappa shape index (κ3) is 2.53. The molecule has 0 radical (unpaired) electrons. The third-order valence-electron chi connectivity index (χ3n) is 3.38. The molecule has 102 valence electrons. The first-order valence-electron chi connectivity index (χ1n) is 6.36. The van der Waals surface area contributed by atoms with Crippen molar-refractivity contribution < 1.29 is 4.79 Å². The summed E-state index contributed by atoms with van der Waals surface area (Å²) in [5, 5.41) is 2.87. The fraction of sp³-hybridized carbons (Fsp3) is 0.462. The third-order valence-corrected chi connectivity index (χ3v) is 3.58. The molecule has 0 aliphatic carbocycles. The van der Waals surface area contributed by atoms with E-state index >= 15 is 0 Å². The Balaban J connectivity index is 2.48. The molecule has 1 aliphatic heterocycles. The maximum atomic E-state index is 11.9. The maximum Gasteiger partial charge on any atom is 0.242 e. The Bertz CT molecular complexity index is 517. The number of piperazine rings is 1. The van der Waals surface area contributed by atoms with Crippen molar-refractivity contribution in [3.05, 3.63) is 23.4 Å². The molecule has 1 atom stereocenters. The summed E-state index contributed by atoms with van der Waals surface area (Å²) in [6.07, 6.45) is 2.45. The molecule has 0 saturated carbocycles. The number of aromatic nitrogens is 1. The number of hydrogen-bond donors (Lipinski definition) is 2. The van der Waals surface area contributed by atoms with Crippen molar-refractivity contribution in [1.29, 1.82) is 0 Å². The number of nitrogens with two attached hydrogens (primary N) is 1. The van der Waals surface area contributed by atoms with Crippen molar-refractivity contribution in [2.45, 2.75) is 26.3 Å². The zero-order chi connectivity index (χ0) is 14.0. The van der Waals surface area contributed by atoms with E-state index < -0.39 is 0 Å². The fourth-order valence-electron chi connectivity index (χ4n) is 2.44. The van der Waals surface area contributed by atoms with Gasteiger partial charge in [0.25, 0.3) is 0 Å². The van der Waals surface area contributed by atoms with Crippen molar-refractivity contribution in [2.75, 3.05) is 18.0 Å². The smallest absolute Gasteiger partial charge is 0.242 e. The van der Waals surface area contributed by atoms with E-state index in [2.05, 4.69) is 10.3 Å². The molecular weight excluding hydrogens is 260 g/mol. The lowest BCUT2D eigenvalue weighted by Gasteiger charge is -2.36. The lowest BCUT2D eigenvalue weighted by atomic mass is 10.1. The quantitative estimate of drug-likeness (QED) is 0.798. The molecule has 1 amide bonds. The topological polar surface area (TPSA) is 71.2 Å². The number of hydrogen-bond acceptors (Lipinski definition) is 4. The van der Waals surface area contributed by atoms with Crippen molar-refractivity contribution in [3.8, 4) is 0 Å². The van der Waals surface area contributed by atoms with Crippen LogP contribution in [0.4, 0.5) is 5.82 Å². The number of carbonyl (C=O) groups is 1. The Kier molecular flexibility index (Phi) is 3.99. The molecule has 0 spiro atoms. The van der Waals surface area contributed by atoms with Gasteiger partial charge in [0.15, 0.2) is 0 Å². The van der Waals surface area contributed by atoms with Crippen LogP contribution in [0.2, 0.25) is 0 Å². The van der Waals surface area contributed by atoms with Crippen LogP contribution in [-0.4, -0.2) is 35.0 Å². The summed E-state index contributed by atoms with van der Waals surface area (Å²) in [5.74, 6) is 0.750. The van der Waals surface area contributed by atoms with Crippen molar-refractivity contribution in [1.82, 2.24) is 10.3 Å². The Morgan fingerprint density at radius 2 is 2.42 bits per heavy atom.